The van der Waals surface area contributed by atoms with E-state index in [2.05, 4.69) is 25.7 Å². The van der Waals surface area contributed by atoms with Crippen molar-refractivity contribution in [1.29, 1.82) is 0 Å². The molecular formula is C15H26FNO2. The monoisotopic (exact) mass is 271 g/mol. The molecule has 1 aliphatic rings. The van der Waals surface area contributed by atoms with Gasteiger partial charge in [-0.05, 0) is 24.3 Å². The molecular weight excluding hydrogens is 245 g/mol. The van der Waals surface area contributed by atoms with Crippen molar-refractivity contribution in [3.05, 3.63) is 12.7 Å². The lowest BCUT2D eigenvalue weighted by molar-refractivity contribution is -0.120. The zero-order valence-electron chi connectivity index (χ0n) is 12.6. The van der Waals surface area contributed by atoms with Crippen molar-refractivity contribution in [2.75, 3.05) is 0 Å². The molecule has 0 aromatic rings. The SMILES string of the molecule is C=C[C@]1(F)[C@H](C(C)C)O[C@H](CC(C)C)[C@@H]1NC(C)=O. The van der Waals surface area contributed by atoms with Crippen molar-refractivity contribution in [3.63, 3.8) is 0 Å². The zero-order valence-corrected chi connectivity index (χ0v) is 12.6. The number of ether oxygens (including phenoxy) is 1. The fraction of sp³-hybridized carbons (Fsp3) is 0.800. The summed E-state index contributed by atoms with van der Waals surface area (Å²) >= 11 is 0. The number of hydrogen-bond donors (Lipinski definition) is 1. The van der Waals surface area contributed by atoms with Crippen molar-refractivity contribution < 1.29 is 13.9 Å². The summed E-state index contributed by atoms with van der Waals surface area (Å²) in [6.45, 7) is 13.0. The molecule has 4 heteroatoms. The van der Waals surface area contributed by atoms with Gasteiger partial charge in [0.15, 0.2) is 5.67 Å². The summed E-state index contributed by atoms with van der Waals surface area (Å²) in [6, 6.07) is -0.655. The van der Waals surface area contributed by atoms with Crippen LogP contribution in [0.1, 0.15) is 41.0 Å². The number of amides is 1. The molecule has 0 saturated carbocycles. The largest absolute Gasteiger partial charge is 0.369 e. The summed E-state index contributed by atoms with van der Waals surface area (Å²) in [5.41, 5.74) is -1.71. The van der Waals surface area contributed by atoms with Crippen molar-refractivity contribution in [2.24, 2.45) is 11.8 Å². The summed E-state index contributed by atoms with van der Waals surface area (Å²) in [5, 5.41) is 2.71. The van der Waals surface area contributed by atoms with Crippen LogP contribution in [-0.2, 0) is 9.53 Å². The quantitative estimate of drug-likeness (QED) is 0.781. The molecule has 0 radical (unpaired) electrons. The van der Waals surface area contributed by atoms with Crippen LogP contribution in [0.4, 0.5) is 4.39 Å². The normalized spacial score (nSPS) is 34.8. The molecule has 19 heavy (non-hydrogen) atoms. The molecule has 110 valence electrons. The fourth-order valence-corrected chi connectivity index (χ4v) is 2.82. The summed E-state index contributed by atoms with van der Waals surface area (Å²) in [6.07, 6.45) is 1.14. The third-order valence-electron chi connectivity index (χ3n) is 3.59. The molecule has 1 aliphatic heterocycles. The van der Waals surface area contributed by atoms with Crippen molar-refractivity contribution >= 4 is 5.91 Å². The van der Waals surface area contributed by atoms with Gasteiger partial charge in [0.1, 0.15) is 6.10 Å². The molecule has 0 aliphatic carbocycles. The number of alkyl halides is 1. The van der Waals surface area contributed by atoms with Crippen LogP contribution in [-0.4, -0.2) is 29.8 Å². The second-order valence-electron chi connectivity index (χ2n) is 6.18. The molecule has 4 atom stereocenters. The molecule has 1 N–H and O–H groups in total. The number of hydrogen-bond acceptors (Lipinski definition) is 2. The Morgan fingerprint density at radius 3 is 2.42 bits per heavy atom. The first kappa shape index (κ1) is 16.2. The van der Waals surface area contributed by atoms with E-state index in [1.807, 2.05) is 13.8 Å². The Kier molecular flexibility index (Phi) is 5.13. The lowest BCUT2D eigenvalue weighted by Gasteiger charge is -2.30. The standard InChI is InChI=1S/C15H26FNO2/c1-7-15(16)13(17-11(6)18)12(8-9(2)3)19-14(15)10(4)5/h7,9-10,12-14H,1,8H2,2-6H3,(H,17,18)/t12-,13+,14+,15-/m1/s1. The summed E-state index contributed by atoms with van der Waals surface area (Å²) < 4.78 is 21.1. The first-order chi connectivity index (χ1) is 8.72. The Bertz CT molecular complexity index is 343. The third kappa shape index (κ3) is 3.35. The Morgan fingerprint density at radius 1 is 1.47 bits per heavy atom. The van der Waals surface area contributed by atoms with Crippen molar-refractivity contribution in [3.8, 4) is 0 Å². The van der Waals surface area contributed by atoms with Gasteiger partial charge in [-0.2, -0.15) is 0 Å². The van der Waals surface area contributed by atoms with Gasteiger partial charge < -0.3 is 10.1 Å². The van der Waals surface area contributed by atoms with Gasteiger partial charge in [-0.1, -0.05) is 34.3 Å². The van der Waals surface area contributed by atoms with Gasteiger partial charge in [0.25, 0.3) is 0 Å². The molecule has 0 aromatic carbocycles. The van der Waals surface area contributed by atoms with E-state index in [0.29, 0.717) is 12.3 Å². The van der Waals surface area contributed by atoms with E-state index in [1.54, 1.807) is 0 Å². The van der Waals surface area contributed by atoms with Crippen LogP contribution in [0.15, 0.2) is 12.7 Å². The van der Waals surface area contributed by atoms with E-state index in [4.69, 9.17) is 4.74 Å². The smallest absolute Gasteiger partial charge is 0.217 e. The highest BCUT2D eigenvalue weighted by atomic mass is 19.1. The molecule has 0 aromatic heterocycles. The maximum absolute atomic E-state index is 15.2. The van der Waals surface area contributed by atoms with Gasteiger partial charge in [0.05, 0.1) is 12.1 Å². The van der Waals surface area contributed by atoms with E-state index in [0.717, 1.165) is 0 Å². The Morgan fingerprint density at radius 2 is 2.05 bits per heavy atom. The lowest BCUT2D eigenvalue weighted by atomic mass is 9.83. The third-order valence-corrected chi connectivity index (χ3v) is 3.59. The maximum atomic E-state index is 15.2. The highest BCUT2D eigenvalue weighted by Gasteiger charge is 2.56. The van der Waals surface area contributed by atoms with E-state index >= 15 is 4.39 Å². The highest BCUT2D eigenvalue weighted by Crippen LogP contribution is 2.41. The topological polar surface area (TPSA) is 38.3 Å². The van der Waals surface area contributed by atoms with Crippen LogP contribution in [0.25, 0.3) is 0 Å². The molecule has 0 spiro atoms. The fourth-order valence-electron chi connectivity index (χ4n) is 2.82. The van der Waals surface area contributed by atoms with Gasteiger partial charge in [-0.25, -0.2) is 4.39 Å². The predicted molar refractivity (Wildman–Crippen MR) is 74.6 cm³/mol. The van der Waals surface area contributed by atoms with Gasteiger partial charge in [0.2, 0.25) is 5.91 Å². The molecule has 0 bridgehead atoms. The van der Waals surface area contributed by atoms with E-state index in [9.17, 15) is 4.79 Å². The van der Waals surface area contributed by atoms with Crippen LogP contribution in [0.3, 0.4) is 0 Å². The number of rotatable bonds is 5. The van der Waals surface area contributed by atoms with Crippen LogP contribution < -0.4 is 5.32 Å². The van der Waals surface area contributed by atoms with E-state index < -0.39 is 17.8 Å². The molecule has 1 heterocycles. The first-order valence-electron chi connectivity index (χ1n) is 6.97. The van der Waals surface area contributed by atoms with Crippen LogP contribution in [0.2, 0.25) is 0 Å². The average molecular weight is 271 g/mol. The second kappa shape index (κ2) is 6.04. The molecule has 1 fully saturated rings. The molecule has 1 saturated heterocycles. The number of nitrogens with one attached hydrogen (secondary N) is 1. The summed E-state index contributed by atoms with van der Waals surface area (Å²) in [7, 11) is 0. The van der Waals surface area contributed by atoms with Crippen LogP contribution in [0, 0.1) is 11.8 Å². The summed E-state index contributed by atoms with van der Waals surface area (Å²) in [4.78, 5) is 11.3. The van der Waals surface area contributed by atoms with Gasteiger partial charge in [-0.3, -0.25) is 4.79 Å². The Balaban J connectivity index is 3.06. The Labute approximate surface area is 115 Å². The molecule has 0 unspecified atom stereocenters. The lowest BCUT2D eigenvalue weighted by Crippen LogP contribution is -2.53. The van der Waals surface area contributed by atoms with Gasteiger partial charge >= 0.3 is 0 Å². The van der Waals surface area contributed by atoms with Gasteiger partial charge in [0, 0.05) is 6.92 Å². The predicted octanol–water partition coefficient (Wildman–Crippen LogP) is 2.85. The van der Waals surface area contributed by atoms with Crippen molar-refractivity contribution in [1.82, 2.24) is 5.32 Å². The van der Waals surface area contributed by atoms with Crippen LogP contribution >= 0.6 is 0 Å². The average Bonchev–Trinajstić information content (AvgIpc) is 2.53. The molecule has 1 amide bonds. The van der Waals surface area contributed by atoms with E-state index in [-0.39, 0.29) is 17.9 Å². The first-order valence-corrected chi connectivity index (χ1v) is 6.97. The molecule has 3 nitrogen and oxygen atoms in total. The van der Waals surface area contributed by atoms with Crippen LogP contribution in [0.5, 0.6) is 0 Å². The van der Waals surface area contributed by atoms with E-state index in [1.165, 1.54) is 13.0 Å². The van der Waals surface area contributed by atoms with Crippen molar-refractivity contribution in [2.45, 2.75) is 65.0 Å². The number of carbonyl (C=O) groups excluding carboxylic acids is 1. The minimum atomic E-state index is -1.71. The minimum Gasteiger partial charge on any atom is -0.369 e. The highest BCUT2D eigenvalue weighted by molar-refractivity contribution is 5.73. The number of halogens is 1. The van der Waals surface area contributed by atoms with Gasteiger partial charge in [-0.15, -0.1) is 0 Å². The number of carbonyl (C=O) groups is 1. The second-order valence-corrected chi connectivity index (χ2v) is 6.18. The minimum absolute atomic E-state index is 0.0245. The molecule has 1 rings (SSSR count). The maximum Gasteiger partial charge on any atom is 0.217 e. The zero-order chi connectivity index (χ0) is 14.8. The Hall–Kier alpha value is -0.900. The summed E-state index contributed by atoms with van der Waals surface area (Å²) in [5.74, 6) is 0.160.